The second kappa shape index (κ2) is 6.61. The number of aryl methyl sites for hydroxylation is 1. The number of rotatable bonds is 5. The highest BCUT2D eigenvalue weighted by molar-refractivity contribution is 5.23. The first-order valence-corrected chi connectivity index (χ1v) is 9.02. The minimum absolute atomic E-state index is 0.0137. The maximum atomic E-state index is 13.9. The van der Waals surface area contributed by atoms with Gasteiger partial charge < -0.3 is 15.2 Å². The normalized spacial score (nSPS) is 34.6. The quantitative estimate of drug-likeness (QED) is 0.876. The van der Waals surface area contributed by atoms with Crippen LogP contribution in [0.1, 0.15) is 31.0 Å². The van der Waals surface area contributed by atoms with Gasteiger partial charge in [0.05, 0.1) is 38.1 Å². The highest BCUT2D eigenvalue weighted by atomic mass is 19.1. The number of hydrogen-bond donors (Lipinski definition) is 1. The van der Waals surface area contributed by atoms with E-state index in [1.807, 2.05) is 17.8 Å². The summed E-state index contributed by atoms with van der Waals surface area (Å²) in [7, 11) is 0. The minimum atomic E-state index is -0.903. The lowest BCUT2D eigenvalue weighted by Crippen LogP contribution is -2.41. The first-order chi connectivity index (χ1) is 11.6. The molecule has 3 heterocycles. The van der Waals surface area contributed by atoms with Gasteiger partial charge in [-0.05, 0) is 26.2 Å². The van der Waals surface area contributed by atoms with Crippen molar-refractivity contribution in [3.63, 3.8) is 0 Å². The summed E-state index contributed by atoms with van der Waals surface area (Å²) in [5.41, 5.74) is 7.19. The number of aromatic nitrogens is 2. The monoisotopic (exact) mass is 338 g/mol. The van der Waals surface area contributed by atoms with E-state index in [1.165, 1.54) is 19.3 Å². The highest BCUT2D eigenvalue weighted by Gasteiger charge is 2.40. The Morgan fingerprint density at radius 1 is 1.38 bits per heavy atom. The molecule has 4 atom stereocenters. The van der Waals surface area contributed by atoms with Gasteiger partial charge in [-0.15, -0.1) is 0 Å². The number of nitrogens with zero attached hydrogens (tertiary/aromatic N) is 3. The van der Waals surface area contributed by atoms with E-state index in [9.17, 15) is 4.39 Å². The summed E-state index contributed by atoms with van der Waals surface area (Å²) in [6.07, 6.45) is 4.81. The van der Waals surface area contributed by atoms with E-state index in [1.54, 1.807) is 0 Å². The Morgan fingerprint density at radius 3 is 2.88 bits per heavy atom. The van der Waals surface area contributed by atoms with Crippen LogP contribution in [0.4, 0.5) is 4.39 Å². The van der Waals surface area contributed by atoms with Gasteiger partial charge in [0.25, 0.3) is 0 Å². The SMILES string of the molecule is Cc1nn(C2CCC2)cc1OC[C@@H]1CN(C2COCC2F)C[C@H]1N. The second-order valence-electron chi connectivity index (χ2n) is 7.45. The summed E-state index contributed by atoms with van der Waals surface area (Å²) < 4.78 is 27.2. The Balaban J connectivity index is 1.33. The van der Waals surface area contributed by atoms with Gasteiger partial charge in [-0.25, -0.2) is 4.39 Å². The number of ether oxygens (including phenoxy) is 2. The smallest absolute Gasteiger partial charge is 0.160 e. The van der Waals surface area contributed by atoms with E-state index in [4.69, 9.17) is 15.2 Å². The zero-order valence-corrected chi connectivity index (χ0v) is 14.2. The third-order valence-electron chi connectivity index (χ3n) is 5.75. The molecule has 0 radical (unpaired) electrons. The zero-order valence-electron chi connectivity index (χ0n) is 14.2. The molecule has 0 aromatic carbocycles. The topological polar surface area (TPSA) is 65.5 Å². The fourth-order valence-corrected chi connectivity index (χ4v) is 3.87. The molecule has 2 N–H and O–H groups in total. The van der Waals surface area contributed by atoms with Crippen molar-refractivity contribution in [2.24, 2.45) is 11.7 Å². The molecule has 6 nitrogen and oxygen atoms in total. The van der Waals surface area contributed by atoms with E-state index in [0.717, 1.165) is 18.0 Å². The first-order valence-electron chi connectivity index (χ1n) is 9.02. The average Bonchev–Trinajstić information content (AvgIpc) is 3.15. The van der Waals surface area contributed by atoms with Crippen LogP contribution >= 0.6 is 0 Å². The van der Waals surface area contributed by atoms with Crippen molar-refractivity contribution in [2.45, 2.75) is 50.5 Å². The van der Waals surface area contributed by atoms with Crippen molar-refractivity contribution in [1.29, 1.82) is 0 Å². The molecular weight excluding hydrogens is 311 g/mol. The van der Waals surface area contributed by atoms with Crippen molar-refractivity contribution < 1.29 is 13.9 Å². The van der Waals surface area contributed by atoms with Crippen LogP contribution in [-0.2, 0) is 4.74 Å². The number of nitrogens with two attached hydrogens (primary N) is 1. The van der Waals surface area contributed by atoms with Gasteiger partial charge in [0.2, 0.25) is 0 Å². The van der Waals surface area contributed by atoms with Crippen LogP contribution in [0.3, 0.4) is 0 Å². The van der Waals surface area contributed by atoms with Gasteiger partial charge in [-0.1, -0.05) is 0 Å². The van der Waals surface area contributed by atoms with Crippen molar-refractivity contribution in [2.75, 3.05) is 32.9 Å². The summed E-state index contributed by atoms with van der Waals surface area (Å²) in [5.74, 6) is 1.06. The van der Waals surface area contributed by atoms with Crippen LogP contribution in [0, 0.1) is 12.8 Å². The lowest BCUT2D eigenvalue weighted by molar-refractivity contribution is 0.149. The molecule has 1 aliphatic carbocycles. The highest BCUT2D eigenvalue weighted by Crippen LogP contribution is 2.33. The molecule has 24 heavy (non-hydrogen) atoms. The Labute approximate surface area is 142 Å². The largest absolute Gasteiger partial charge is 0.490 e. The number of likely N-dealkylation sites (tertiary alicyclic amines) is 1. The molecule has 1 saturated carbocycles. The van der Waals surface area contributed by atoms with Gasteiger partial charge in [0, 0.05) is 25.0 Å². The Bertz CT molecular complexity index is 577. The van der Waals surface area contributed by atoms with Crippen molar-refractivity contribution in [3.8, 4) is 5.75 Å². The molecule has 134 valence electrons. The molecule has 3 aliphatic rings. The van der Waals surface area contributed by atoms with Gasteiger partial charge in [0.15, 0.2) is 5.75 Å². The second-order valence-corrected chi connectivity index (χ2v) is 7.45. The van der Waals surface area contributed by atoms with E-state index in [-0.39, 0.29) is 24.6 Å². The summed E-state index contributed by atoms with van der Waals surface area (Å²) in [5, 5.41) is 4.57. The van der Waals surface area contributed by atoms with Gasteiger partial charge >= 0.3 is 0 Å². The molecule has 0 spiro atoms. The van der Waals surface area contributed by atoms with Crippen LogP contribution in [-0.4, -0.2) is 65.8 Å². The molecular formula is C17H27FN4O2. The van der Waals surface area contributed by atoms with E-state index >= 15 is 0 Å². The zero-order chi connectivity index (χ0) is 16.7. The van der Waals surface area contributed by atoms with Crippen LogP contribution in [0.25, 0.3) is 0 Å². The van der Waals surface area contributed by atoms with E-state index < -0.39 is 6.17 Å². The number of alkyl halides is 1. The predicted molar refractivity (Wildman–Crippen MR) is 87.9 cm³/mol. The van der Waals surface area contributed by atoms with E-state index in [2.05, 4.69) is 10.00 Å². The Hall–Kier alpha value is -1.18. The Kier molecular flexibility index (Phi) is 4.49. The number of halogens is 1. The maximum Gasteiger partial charge on any atom is 0.160 e. The van der Waals surface area contributed by atoms with Crippen LogP contribution in [0.2, 0.25) is 0 Å². The molecule has 3 fully saturated rings. The third kappa shape index (κ3) is 3.05. The lowest BCUT2D eigenvalue weighted by atomic mass is 9.93. The first kappa shape index (κ1) is 16.3. The van der Waals surface area contributed by atoms with Crippen molar-refractivity contribution in [3.05, 3.63) is 11.9 Å². The molecule has 0 amide bonds. The fourth-order valence-electron chi connectivity index (χ4n) is 3.87. The molecule has 2 unspecified atom stereocenters. The Morgan fingerprint density at radius 2 is 2.21 bits per heavy atom. The van der Waals surface area contributed by atoms with Crippen molar-refractivity contribution in [1.82, 2.24) is 14.7 Å². The van der Waals surface area contributed by atoms with Crippen LogP contribution in [0.15, 0.2) is 6.20 Å². The predicted octanol–water partition coefficient (Wildman–Crippen LogP) is 1.29. The molecule has 1 aromatic rings. The van der Waals surface area contributed by atoms with Gasteiger partial charge in [-0.3, -0.25) is 9.58 Å². The standard InChI is InChI=1S/C17H27FN4O2/c1-11-17(7-22(20-11)13-3-2-4-13)24-8-12-5-21(6-15(12)19)16-10-23-9-14(16)18/h7,12-16H,2-6,8-10,19H2,1H3/t12-,14?,15+,16?/m0/s1. The van der Waals surface area contributed by atoms with Crippen LogP contribution in [0.5, 0.6) is 5.75 Å². The molecule has 4 rings (SSSR count). The van der Waals surface area contributed by atoms with E-state index in [0.29, 0.717) is 25.8 Å². The van der Waals surface area contributed by atoms with Crippen LogP contribution < -0.4 is 10.5 Å². The maximum absolute atomic E-state index is 13.9. The summed E-state index contributed by atoms with van der Waals surface area (Å²) in [6.45, 7) is 4.69. The molecule has 2 aliphatic heterocycles. The lowest BCUT2D eigenvalue weighted by Gasteiger charge is -2.25. The van der Waals surface area contributed by atoms with Gasteiger partial charge in [-0.2, -0.15) is 5.10 Å². The molecule has 7 heteroatoms. The minimum Gasteiger partial charge on any atom is -0.490 e. The molecule has 0 bridgehead atoms. The summed E-state index contributed by atoms with van der Waals surface area (Å²) in [6, 6.07) is 0.401. The molecule has 1 aromatic heterocycles. The fraction of sp³-hybridized carbons (Fsp3) is 0.824. The third-order valence-corrected chi connectivity index (χ3v) is 5.75. The summed E-state index contributed by atoms with van der Waals surface area (Å²) in [4.78, 5) is 2.13. The average molecular weight is 338 g/mol. The molecule has 2 saturated heterocycles. The number of hydrogen-bond acceptors (Lipinski definition) is 5. The van der Waals surface area contributed by atoms with Gasteiger partial charge in [0.1, 0.15) is 11.9 Å². The van der Waals surface area contributed by atoms with Crippen molar-refractivity contribution >= 4 is 0 Å². The summed E-state index contributed by atoms with van der Waals surface area (Å²) >= 11 is 0.